The molecule has 0 spiro atoms. The fourth-order valence-corrected chi connectivity index (χ4v) is 3.87. The molecular weight excluding hydrogens is 452 g/mol. The Morgan fingerprint density at radius 1 is 0.972 bits per heavy atom. The zero-order chi connectivity index (χ0) is 24.9. The number of nitrogens with one attached hydrogen (secondary N) is 1. The number of ether oxygens (including phenoxy) is 1. The minimum Gasteiger partial charge on any atom is -0.494 e. The van der Waals surface area contributed by atoms with E-state index in [2.05, 4.69) is 10.5 Å². The zero-order valence-corrected chi connectivity index (χ0v) is 20.1. The van der Waals surface area contributed by atoms with E-state index in [4.69, 9.17) is 14.4 Å². The molecule has 0 aliphatic heterocycles. The average Bonchev–Trinajstić information content (AvgIpc) is 3.57. The molecular formula is C29H26N4O3. The summed E-state index contributed by atoms with van der Waals surface area (Å²) < 4.78 is 12.8. The van der Waals surface area contributed by atoms with Crippen molar-refractivity contribution in [3.8, 4) is 34.0 Å². The van der Waals surface area contributed by atoms with E-state index < -0.39 is 0 Å². The summed E-state index contributed by atoms with van der Waals surface area (Å²) in [7, 11) is 0. The fourth-order valence-electron chi connectivity index (χ4n) is 3.87. The van der Waals surface area contributed by atoms with E-state index in [1.54, 1.807) is 6.07 Å². The number of carbonyl (C=O) groups is 1. The Morgan fingerprint density at radius 2 is 1.69 bits per heavy atom. The second kappa shape index (κ2) is 10.3. The lowest BCUT2D eigenvalue weighted by molar-refractivity contribution is 0.0942. The summed E-state index contributed by atoms with van der Waals surface area (Å²) in [4.78, 5) is 12.9. The molecule has 5 aromatic rings. The van der Waals surface area contributed by atoms with Gasteiger partial charge >= 0.3 is 0 Å². The molecule has 0 atom stereocenters. The van der Waals surface area contributed by atoms with Gasteiger partial charge in [0.25, 0.3) is 5.91 Å². The highest BCUT2D eigenvalue weighted by atomic mass is 16.5. The van der Waals surface area contributed by atoms with Crippen LogP contribution in [0.25, 0.3) is 28.3 Å². The molecule has 0 saturated carbocycles. The van der Waals surface area contributed by atoms with E-state index in [-0.39, 0.29) is 18.1 Å². The van der Waals surface area contributed by atoms with Crippen molar-refractivity contribution >= 4 is 5.91 Å². The van der Waals surface area contributed by atoms with Crippen molar-refractivity contribution in [3.63, 3.8) is 0 Å². The normalized spacial score (nSPS) is 10.8. The lowest BCUT2D eigenvalue weighted by Gasteiger charge is -2.06. The van der Waals surface area contributed by atoms with Gasteiger partial charge in [-0.25, -0.2) is 4.68 Å². The van der Waals surface area contributed by atoms with E-state index >= 15 is 0 Å². The molecule has 0 saturated heterocycles. The molecule has 0 aliphatic carbocycles. The van der Waals surface area contributed by atoms with Crippen LogP contribution in [0.4, 0.5) is 0 Å². The number of rotatable bonds is 8. The first kappa shape index (κ1) is 23.1. The Labute approximate surface area is 209 Å². The largest absolute Gasteiger partial charge is 0.494 e. The van der Waals surface area contributed by atoms with Gasteiger partial charge in [-0.05, 0) is 50.2 Å². The van der Waals surface area contributed by atoms with Crippen molar-refractivity contribution in [1.82, 2.24) is 20.3 Å². The highest BCUT2D eigenvalue weighted by Crippen LogP contribution is 2.26. The van der Waals surface area contributed by atoms with Crippen LogP contribution in [0.5, 0.6) is 5.75 Å². The fraction of sp³-hybridized carbons (Fsp3) is 0.138. The van der Waals surface area contributed by atoms with Gasteiger partial charge in [0.1, 0.15) is 5.75 Å². The number of hydrogen-bond acceptors (Lipinski definition) is 5. The van der Waals surface area contributed by atoms with E-state index in [9.17, 15) is 4.79 Å². The molecule has 0 radical (unpaired) electrons. The Hall–Kier alpha value is -4.65. The maximum absolute atomic E-state index is 12.9. The predicted molar refractivity (Wildman–Crippen MR) is 138 cm³/mol. The summed E-state index contributed by atoms with van der Waals surface area (Å²) in [5.74, 6) is 1.03. The van der Waals surface area contributed by atoms with Gasteiger partial charge in [0.05, 0.1) is 18.0 Å². The van der Waals surface area contributed by atoms with Crippen LogP contribution < -0.4 is 10.1 Å². The summed E-state index contributed by atoms with van der Waals surface area (Å²) in [6.45, 7) is 4.85. The van der Waals surface area contributed by atoms with Crippen LogP contribution in [-0.4, -0.2) is 27.5 Å². The minimum atomic E-state index is -0.317. The highest BCUT2D eigenvalue weighted by Gasteiger charge is 2.17. The van der Waals surface area contributed by atoms with Crippen molar-refractivity contribution in [2.45, 2.75) is 20.4 Å². The molecule has 1 N–H and O–H groups in total. The van der Waals surface area contributed by atoms with Gasteiger partial charge in [-0.3, -0.25) is 4.79 Å². The molecule has 180 valence electrons. The van der Waals surface area contributed by atoms with Gasteiger partial charge in [-0.1, -0.05) is 53.2 Å². The van der Waals surface area contributed by atoms with Crippen LogP contribution in [-0.2, 0) is 6.54 Å². The number of aromatic nitrogens is 3. The third kappa shape index (κ3) is 5.05. The smallest absolute Gasteiger partial charge is 0.273 e. The van der Waals surface area contributed by atoms with E-state index in [0.717, 1.165) is 39.4 Å². The molecule has 0 aliphatic rings. The van der Waals surface area contributed by atoms with Gasteiger partial charge in [0.15, 0.2) is 11.5 Å². The predicted octanol–water partition coefficient (Wildman–Crippen LogP) is 5.83. The maximum Gasteiger partial charge on any atom is 0.273 e. The first-order valence-corrected chi connectivity index (χ1v) is 11.8. The second-order valence-electron chi connectivity index (χ2n) is 8.37. The molecule has 7 heteroatoms. The van der Waals surface area contributed by atoms with Gasteiger partial charge < -0.3 is 14.6 Å². The van der Waals surface area contributed by atoms with Gasteiger partial charge in [-0.15, -0.1) is 0 Å². The third-order valence-corrected chi connectivity index (χ3v) is 5.77. The summed E-state index contributed by atoms with van der Waals surface area (Å²) in [5, 5.41) is 11.7. The Kier molecular flexibility index (Phi) is 6.62. The number of nitrogens with zero attached hydrogens (tertiary/aromatic N) is 3. The van der Waals surface area contributed by atoms with Crippen molar-refractivity contribution in [2.24, 2.45) is 0 Å². The van der Waals surface area contributed by atoms with Crippen LogP contribution in [0, 0.1) is 6.92 Å². The van der Waals surface area contributed by atoms with E-state index in [0.29, 0.717) is 12.4 Å². The zero-order valence-electron chi connectivity index (χ0n) is 20.1. The van der Waals surface area contributed by atoms with Crippen molar-refractivity contribution in [1.29, 1.82) is 0 Å². The van der Waals surface area contributed by atoms with Gasteiger partial charge in [0.2, 0.25) is 0 Å². The van der Waals surface area contributed by atoms with Crippen LogP contribution in [0.15, 0.2) is 95.6 Å². The summed E-state index contributed by atoms with van der Waals surface area (Å²) in [6, 6.07) is 27.2. The SMILES string of the molecule is CCOc1ccc(-c2nn(-c3ccccc3)cc2CNC(=O)c2cc(-c3ccc(C)cc3)on2)cc1. The topological polar surface area (TPSA) is 82.2 Å². The van der Waals surface area contributed by atoms with Crippen LogP contribution in [0.3, 0.4) is 0 Å². The standard InChI is InChI=1S/C29H26N4O3/c1-3-35-25-15-13-22(14-16-25)28-23(19-33(31-28)24-7-5-4-6-8-24)18-30-29(34)26-17-27(36-32-26)21-11-9-20(2)10-12-21/h4-17,19H,3,18H2,1-2H3,(H,30,34). The number of carbonyl (C=O) groups excluding carboxylic acids is 1. The molecule has 2 heterocycles. The quantitative estimate of drug-likeness (QED) is 0.303. The Balaban J connectivity index is 1.38. The van der Waals surface area contributed by atoms with E-state index in [1.807, 2.05) is 104 Å². The van der Waals surface area contributed by atoms with Crippen molar-refractivity contribution in [2.75, 3.05) is 6.61 Å². The molecule has 5 rings (SSSR count). The highest BCUT2D eigenvalue weighted by molar-refractivity contribution is 5.93. The molecule has 36 heavy (non-hydrogen) atoms. The van der Waals surface area contributed by atoms with Crippen LogP contribution in [0.2, 0.25) is 0 Å². The first-order valence-electron chi connectivity index (χ1n) is 11.8. The van der Waals surface area contributed by atoms with Crippen LogP contribution >= 0.6 is 0 Å². The van der Waals surface area contributed by atoms with Gasteiger partial charge in [0, 0.05) is 35.5 Å². The molecule has 3 aromatic carbocycles. The molecule has 0 bridgehead atoms. The molecule has 0 fully saturated rings. The summed E-state index contributed by atoms with van der Waals surface area (Å²) in [5.41, 5.74) is 5.76. The molecule has 2 aromatic heterocycles. The Bertz CT molecular complexity index is 1450. The lowest BCUT2D eigenvalue weighted by atomic mass is 10.1. The number of benzene rings is 3. The summed E-state index contributed by atoms with van der Waals surface area (Å²) in [6.07, 6.45) is 1.93. The monoisotopic (exact) mass is 478 g/mol. The molecule has 7 nitrogen and oxygen atoms in total. The Morgan fingerprint density at radius 3 is 2.42 bits per heavy atom. The first-order chi connectivity index (χ1) is 17.6. The number of aryl methyl sites for hydroxylation is 1. The number of para-hydroxylation sites is 1. The summed E-state index contributed by atoms with van der Waals surface area (Å²) >= 11 is 0. The number of amides is 1. The van der Waals surface area contributed by atoms with Gasteiger partial charge in [-0.2, -0.15) is 5.10 Å². The molecule has 1 amide bonds. The maximum atomic E-state index is 12.9. The van der Waals surface area contributed by atoms with Crippen molar-refractivity contribution in [3.05, 3.63) is 108 Å². The van der Waals surface area contributed by atoms with E-state index in [1.165, 1.54) is 0 Å². The number of hydrogen-bond donors (Lipinski definition) is 1. The second-order valence-corrected chi connectivity index (χ2v) is 8.37. The third-order valence-electron chi connectivity index (χ3n) is 5.77. The van der Waals surface area contributed by atoms with Crippen LogP contribution in [0.1, 0.15) is 28.5 Å². The lowest BCUT2D eigenvalue weighted by Crippen LogP contribution is -2.23. The molecule has 0 unspecified atom stereocenters. The van der Waals surface area contributed by atoms with Crippen molar-refractivity contribution < 1.29 is 14.1 Å². The average molecular weight is 479 g/mol. The minimum absolute atomic E-state index is 0.226.